The summed E-state index contributed by atoms with van der Waals surface area (Å²) in [6.07, 6.45) is 0. The molecule has 1 aromatic carbocycles. The molecule has 2 aromatic rings. The lowest BCUT2D eigenvalue weighted by Crippen LogP contribution is -2.14. The van der Waals surface area contributed by atoms with Crippen molar-refractivity contribution in [3.05, 3.63) is 43.2 Å². The minimum atomic E-state index is -0.175. The van der Waals surface area contributed by atoms with E-state index in [1.54, 1.807) is 7.11 Å². The van der Waals surface area contributed by atoms with Crippen LogP contribution in [0, 0.1) is 0 Å². The third kappa shape index (κ3) is 2.96. The van der Waals surface area contributed by atoms with Crippen LogP contribution in [0.4, 0.5) is 0 Å². The van der Waals surface area contributed by atoms with E-state index in [9.17, 15) is 4.79 Å². The average molecular weight is 402 g/mol. The zero-order valence-corrected chi connectivity index (χ0v) is 14.5. The fourth-order valence-electron chi connectivity index (χ4n) is 1.81. The van der Waals surface area contributed by atoms with Gasteiger partial charge >= 0.3 is 0 Å². The van der Waals surface area contributed by atoms with Crippen LogP contribution < -0.4 is 10.3 Å². The number of aromatic amines is 1. The molecular formula is C14H14Br2N2O2. The summed E-state index contributed by atoms with van der Waals surface area (Å²) in [5.41, 5.74) is 1.39. The van der Waals surface area contributed by atoms with E-state index in [-0.39, 0.29) is 11.5 Å². The highest BCUT2D eigenvalue weighted by molar-refractivity contribution is 9.10. The third-order valence-electron chi connectivity index (χ3n) is 2.86. The zero-order valence-electron chi connectivity index (χ0n) is 11.3. The number of benzene rings is 1. The summed E-state index contributed by atoms with van der Waals surface area (Å²) in [4.78, 5) is 19.3. The summed E-state index contributed by atoms with van der Waals surface area (Å²) in [5.74, 6) is 1.44. The molecule has 1 N–H and O–H groups in total. The van der Waals surface area contributed by atoms with E-state index in [1.807, 2.05) is 32.0 Å². The molecular weight excluding hydrogens is 388 g/mol. The fraction of sp³-hybridized carbons (Fsp3) is 0.286. The summed E-state index contributed by atoms with van der Waals surface area (Å²) >= 11 is 6.72. The molecule has 6 heteroatoms. The van der Waals surface area contributed by atoms with Crippen molar-refractivity contribution in [2.24, 2.45) is 0 Å². The van der Waals surface area contributed by atoms with Gasteiger partial charge in [0.25, 0.3) is 5.56 Å². The molecule has 0 aliphatic rings. The molecule has 0 spiro atoms. The molecule has 1 heterocycles. The van der Waals surface area contributed by atoms with Crippen LogP contribution in [0.3, 0.4) is 0 Å². The molecule has 0 bridgehead atoms. The molecule has 2 rings (SSSR count). The quantitative estimate of drug-likeness (QED) is 0.842. The van der Waals surface area contributed by atoms with Crippen molar-refractivity contribution in [1.82, 2.24) is 9.97 Å². The Kier molecular flexibility index (Phi) is 4.65. The van der Waals surface area contributed by atoms with E-state index < -0.39 is 0 Å². The molecule has 0 fully saturated rings. The fourth-order valence-corrected chi connectivity index (χ4v) is 3.00. The second-order valence-electron chi connectivity index (χ2n) is 4.62. The summed E-state index contributed by atoms with van der Waals surface area (Å²) in [6, 6.07) is 5.56. The van der Waals surface area contributed by atoms with E-state index in [0.717, 1.165) is 21.5 Å². The number of hydrogen-bond donors (Lipinski definition) is 1. The first-order valence-electron chi connectivity index (χ1n) is 6.07. The summed E-state index contributed by atoms with van der Waals surface area (Å²) < 4.78 is 6.50. The predicted molar refractivity (Wildman–Crippen MR) is 86.3 cm³/mol. The standard InChI is InChI=1S/C14H14Br2N2O2/c1-7(2)12-11(16)14(19)18-13(17-12)8-4-5-10(20-3)9(15)6-8/h4-7H,1-3H3,(H,17,18,19). The van der Waals surface area contributed by atoms with Crippen molar-refractivity contribution in [2.45, 2.75) is 19.8 Å². The molecule has 4 nitrogen and oxygen atoms in total. The largest absolute Gasteiger partial charge is 0.496 e. The molecule has 0 saturated carbocycles. The van der Waals surface area contributed by atoms with Gasteiger partial charge in [0, 0.05) is 5.56 Å². The number of H-pyrrole nitrogens is 1. The number of halogens is 2. The molecule has 0 unspecified atom stereocenters. The van der Waals surface area contributed by atoms with Crippen molar-refractivity contribution < 1.29 is 4.74 Å². The van der Waals surface area contributed by atoms with Crippen molar-refractivity contribution in [2.75, 3.05) is 7.11 Å². The Morgan fingerprint density at radius 2 is 2.00 bits per heavy atom. The first-order chi connectivity index (χ1) is 9.43. The molecule has 106 valence electrons. The van der Waals surface area contributed by atoms with E-state index in [4.69, 9.17) is 4.74 Å². The summed E-state index contributed by atoms with van der Waals surface area (Å²) in [7, 11) is 1.61. The van der Waals surface area contributed by atoms with Gasteiger partial charge in [-0.1, -0.05) is 13.8 Å². The number of aromatic nitrogens is 2. The second kappa shape index (κ2) is 6.10. The lowest BCUT2D eigenvalue weighted by molar-refractivity contribution is 0.412. The van der Waals surface area contributed by atoms with Crippen molar-refractivity contribution >= 4 is 31.9 Å². The van der Waals surface area contributed by atoms with E-state index in [1.165, 1.54) is 0 Å². The molecule has 0 aliphatic carbocycles. The molecule has 0 aliphatic heterocycles. The van der Waals surface area contributed by atoms with Gasteiger partial charge in [-0.2, -0.15) is 0 Å². The molecule has 0 radical (unpaired) electrons. The smallest absolute Gasteiger partial charge is 0.265 e. The summed E-state index contributed by atoms with van der Waals surface area (Å²) in [6.45, 7) is 4.00. The van der Waals surface area contributed by atoms with Crippen LogP contribution in [-0.2, 0) is 0 Å². The van der Waals surface area contributed by atoms with Gasteiger partial charge in [-0.05, 0) is 56.0 Å². The van der Waals surface area contributed by atoms with Gasteiger partial charge in [-0.25, -0.2) is 4.98 Å². The monoisotopic (exact) mass is 400 g/mol. The third-order valence-corrected chi connectivity index (χ3v) is 4.25. The highest BCUT2D eigenvalue weighted by Crippen LogP contribution is 2.30. The molecule has 0 amide bonds. The number of hydrogen-bond acceptors (Lipinski definition) is 3. The van der Waals surface area contributed by atoms with E-state index in [2.05, 4.69) is 41.8 Å². The van der Waals surface area contributed by atoms with Crippen LogP contribution in [0.25, 0.3) is 11.4 Å². The molecule has 0 saturated heterocycles. The molecule has 1 aromatic heterocycles. The number of methoxy groups -OCH3 is 1. The molecule has 0 atom stereocenters. The Morgan fingerprint density at radius 3 is 2.55 bits per heavy atom. The zero-order chi connectivity index (χ0) is 14.9. The van der Waals surface area contributed by atoms with Gasteiger partial charge in [-0.3, -0.25) is 4.79 Å². The number of nitrogens with zero attached hydrogens (tertiary/aromatic N) is 1. The second-order valence-corrected chi connectivity index (χ2v) is 6.27. The highest BCUT2D eigenvalue weighted by Gasteiger charge is 2.14. The van der Waals surface area contributed by atoms with Gasteiger partial charge in [0.1, 0.15) is 16.0 Å². The van der Waals surface area contributed by atoms with Gasteiger partial charge in [0.2, 0.25) is 0 Å². The first kappa shape index (κ1) is 15.3. The SMILES string of the molecule is COc1ccc(-c2nc(C(C)C)c(Br)c(=O)[nH]2)cc1Br. The topological polar surface area (TPSA) is 55.0 Å². The van der Waals surface area contributed by atoms with Gasteiger partial charge in [0.05, 0.1) is 17.3 Å². The molecule has 20 heavy (non-hydrogen) atoms. The van der Waals surface area contributed by atoms with Crippen molar-refractivity contribution in [3.63, 3.8) is 0 Å². The maximum atomic E-state index is 12.0. The van der Waals surface area contributed by atoms with E-state index >= 15 is 0 Å². The van der Waals surface area contributed by atoms with Crippen LogP contribution in [0.5, 0.6) is 5.75 Å². The minimum absolute atomic E-state index is 0.159. The Balaban J connectivity index is 2.58. The van der Waals surface area contributed by atoms with Gasteiger partial charge in [-0.15, -0.1) is 0 Å². The van der Waals surface area contributed by atoms with E-state index in [0.29, 0.717) is 10.3 Å². The van der Waals surface area contributed by atoms with Crippen LogP contribution in [0.15, 0.2) is 31.9 Å². The Bertz CT molecular complexity index is 696. The lowest BCUT2D eigenvalue weighted by atomic mass is 10.1. The Labute approximate surface area is 133 Å². The maximum absolute atomic E-state index is 12.0. The van der Waals surface area contributed by atoms with Gasteiger partial charge in [0.15, 0.2) is 0 Å². The van der Waals surface area contributed by atoms with Crippen LogP contribution in [0.2, 0.25) is 0 Å². The lowest BCUT2D eigenvalue weighted by Gasteiger charge is -2.10. The highest BCUT2D eigenvalue weighted by atomic mass is 79.9. The van der Waals surface area contributed by atoms with Gasteiger partial charge < -0.3 is 9.72 Å². The predicted octanol–water partition coefficient (Wildman–Crippen LogP) is 4.09. The Morgan fingerprint density at radius 1 is 1.30 bits per heavy atom. The Hall–Kier alpha value is -1.14. The number of nitrogens with one attached hydrogen (secondary N) is 1. The maximum Gasteiger partial charge on any atom is 0.265 e. The van der Waals surface area contributed by atoms with Crippen molar-refractivity contribution in [3.8, 4) is 17.1 Å². The van der Waals surface area contributed by atoms with Crippen LogP contribution in [-0.4, -0.2) is 17.1 Å². The number of rotatable bonds is 3. The van der Waals surface area contributed by atoms with Crippen LogP contribution in [0.1, 0.15) is 25.5 Å². The summed E-state index contributed by atoms with van der Waals surface area (Å²) in [5, 5.41) is 0. The minimum Gasteiger partial charge on any atom is -0.496 e. The number of ether oxygens (including phenoxy) is 1. The normalized spacial score (nSPS) is 10.9. The van der Waals surface area contributed by atoms with Crippen molar-refractivity contribution in [1.29, 1.82) is 0 Å². The van der Waals surface area contributed by atoms with Crippen LogP contribution >= 0.6 is 31.9 Å². The first-order valence-corrected chi connectivity index (χ1v) is 7.66. The average Bonchev–Trinajstić information content (AvgIpc) is 2.41.